The fraction of sp³-hybridized carbons (Fsp3) is 0.600. The van der Waals surface area contributed by atoms with Crippen LogP contribution in [0.2, 0.25) is 0 Å². The third kappa shape index (κ3) is 4.83. The summed E-state index contributed by atoms with van der Waals surface area (Å²) in [5.41, 5.74) is 1.10. The largest absolute Gasteiger partial charge is 0.356 e. The van der Waals surface area contributed by atoms with Crippen molar-refractivity contribution < 1.29 is 9.59 Å². The van der Waals surface area contributed by atoms with E-state index in [9.17, 15) is 9.59 Å². The molecule has 2 amide bonds. The minimum atomic E-state index is -0.0600. The molecule has 24 heavy (non-hydrogen) atoms. The minimum absolute atomic E-state index is 0.00822. The molecule has 0 aliphatic carbocycles. The van der Waals surface area contributed by atoms with E-state index < -0.39 is 0 Å². The van der Waals surface area contributed by atoms with Gasteiger partial charge in [-0.2, -0.15) is 0 Å². The zero-order chi connectivity index (χ0) is 17.5. The molecule has 0 unspecified atom stereocenters. The topological polar surface area (TPSA) is 49.4 Å². The third-order valence-corrected chi connectivity index (χ3v) is 4.83. The molecule has 4 heteroatoms. The maximum Gasteiger partial charge on any atom is 0.230 e. The Labute approximate surface area is 145 Å². The lowest BCUT2D eigenvalue weighted by atomic mass is 9.92. The van der Waals surface area contributed by atoms with E-state index in [4.69, 9.17) is 0 Å². The molecule has 1 heterocycles. The molecule has 1 N–H and O–H groups in total. The van der Waals surface area contributed by atoms with E-state index in [1.165, 1.54) is 0 Å². The Morgan fingerprint density at radius 3 is 2.58 bits per heavy atom. The first-order valence-corrected chi connectivity index (χ1v) is 9.14. The van der Waals surface area contributed by atoms with Crippen LogP contribution in [-0.2, 0) is 9.59 Å². The first-order valence-electron chi connectivity index (χ1n) is 9.14. The second kappa shape index (κ2) is 8.86. The number of hydrogen-bond acceptors (Lipinski definition) is 2. The van der Waals surface area contributed by atoms with E-state index in [0.717, 1.165) is 37.9 Å². The number of carbonyl (C=O) groups is 2. The van der Waals surface area contributed by atoms with Gasteiger partial charge < -0.3 is 10.2 Å². The summed E-state index contributed by atoms with van der Waals surface area (Å²) in [6, 6.07) is 10.0. The molecule has 0 bridgehead atoms. The van der Waals surface area contributed by atoms with Crippen LogP contribution in [0.1, 0.15) is 51.5 Å². The average molecular weight is 330 g/mol. The molecule has 0 radical (unpaired) electrons. The van der Waals surface area contributed by atoms with Crippen LogP contribution in [0.3, 0.4) is 0 Å². The molecule has 1 aliphatic rings. The quantitative estimate of drug-likeness (QED) is 0.871. The predicted octanol–water partition coefficient (Wildman–Crippen LogP) is 3.19. The van der Waals surface area contributed by atoms with Gasteiger partial charge in [-0.3, -0.25) is 9.59 Å². The molecule has 1 fully saturated rings. The fourth-order valence-corrected chi connectivity index (χ4v) is 3.34. The lowest BCUT2D eigenvalue weighted by Crippen LogP contribution is -2.45. The summed E-state index contributed by atoms with van der Waals surface area (Å²) >= 11 is 0. The monoisotopic (exact) mass is 330 g/mol. The molecule has 0 saturated carbocycles. The summed E-state index contributed by atoms with van der Waals surface area (Å²) in [5, 5.41) is 3.01. The molecule has 2 atom stereocenters. The summed E-state index contributed by atoms with van der Waals surface area (Å²) in [7, 11) is 0. The first-order chi connectivity index (χ1) is 11.5. The van der Waals surface area contributed by atoms with Crippen molar-refractivity contribution in [2.24, 2.45) is 11.8 Å². The van der Waals surface area contributed by atoms with Crippen molar-refractivity contribution in [3.63, 3.8) is 0 Å². The van der Waals surface area contributed by atoms with Crippen LogP contribution in [-0.4, -0.2) is 36.3 Å². The van der Waals surface area contributed by atoms with Crippen molar-refractivity contribution in [1.82, 2.24) is 10.2 Å². The van der Waals surface area contributed by atoms with Crippen molar-refractivity contribution in [1.29, 1.82) is 0 Å². The van der Waals surface area contributed by atoms with Gasteiger partial charge in [0.15, 0.2) is 0 Å². The molecular weight excluding hydrogens is 300 g/mol. The van der Waals surface area contributed by atoms with Gasteiger partial charge in [0, 0.05) is 25.6 Å². The van der Waals surface area contributed by atoms with E-state index in [2.05, 4.69) is 12.2 Å². The number of piperidine rings is 1. The average Bonchev–Trinajstić information content (AvgIpc) is 2.61. The van der Waals surface area contributed by atoms with Gasteiger partial charge in [-0.05, 0) is 30.7 Å². The van der Waals surface area contributed by atoms with Crippen molar-refractivity contribution in [2.45, 2.75) is 46.0 Å². The summed E-state index contributed by atoms with van der Waals surface area (Å²) in [4.78, 5) is 26.7. The molecular formula is C20H30N2O2. The van der Waals surface area contributed by atoms with Crippen LogP contribution in [0, 0.1) is 11.8 Å². The summed E-state index contributed by atoms with van der Waals surface area (Å²) in [5.74, 6) is 0.625. The highest BCUT2D eigenvalue weighted by atomic mass is 16.2. The Bertz CT molecular complexity index is 542. The summed E-state index contributed by atoms with van der Waals surface area (Å²) in [6.07, 6.45) is 2.90. The van der Waals surface area contributed by atoms with Gasteiger partial charge in [0.1, 0.15) is 0 Å². The normalized spacial score (nSPS) is 19.2. The van der Waals surface area contributed by atoms with Crippen molar-refractivity contribution in [3.8, 4) is 0 Å². The standard InChI is InChI=1S/C20H30N2O2/c1-4-18(17-10-6-5-7-11-17)20(24)22-12-8-9-16(14-22)13-21-19(23)15(2)3/h5-7,10-11,15-16,18H,4,8-9,12-14H2,1-3H3,(H,21,23)/t16-,18+/m1/s1. The number of benzene rings is 1. The zero-order valence-electron chi connectivity index (χ0n) is 15.1. The predicted molar refractivity (Wildman–Crippen MR) is 96.6 cm³/mol. The van der Waals surface area contributed by atoms with Crippen molar-refractivity contribution >= 4 is 11.8 Å². The highest BCUT2D eigenvalue weighted by Gasteiger charge is 2.29. The Morgan fingerprint density at radius 1 is 1.25 bits per heavy atom. The third-order valence-electron chi connectivity index (χ3n) is 4.83. The Kier molecular flexibility index (Phi) is 6.83. The summed E-state index contributed by atoms with van der Waals surface area (Å²) < 4.78 is 0. The molecule has 4 nitrogen and oxygen atoms in total. The Hall–Kier alpha value is -1.84. The number of rotatable bonds is 6. The fourth-order valence-electron chi connectivity index (χ4n) is 3.34. The van der Waals surface area contributed by atoms with Crippen molar-refractivity contribution in [3.05, 3.63) is 35.9 Å². The number of carbonyl (C=O) groups excluding carboxylic acids is 2. The lowest BCUT2D eigenvalue weighted by molar-refractivity contribution is -0.134. The molecule has 0 aromatic heterocycles. The lowest BCUT2D eigenvalue weighted by Gasteiger charge is -2.35. The minimum Gasteiger partial charge on any atom is -0.356 e. The van der Waals surface area contributed by atoms with E-state index in [1.807, 2.05) is 49.1 Å². The van der Waals surface area contributed by atoms with Gasteiger partial charge in [-0.1, -0.05) is 51.1 Å². The van der Waals surface area contributed by atoms with E-state index in [1.54, 1.807) is 0 Å². The number of hydrogen-bond donors (Lipinski definition) is 1. The Morgan fingerprint density at radius 2 is 1.96 bits per heavy atom. The molecule has 1 aromatic rings. The van der Waals surface area contributed by atoms with Gasteiger partial charge in [-0.25, -0.2) is 0 Å². The maximum absolute atomic E-state index is 13.0. The van der Waals surface area contributed by atoms with Crippen LogP contribution in [0.25, 0.3) is 0 Å². The first kappa shape index (κ1) is 18.5. The van der Waals surface area contributed by atoms with Crippen LogP contribution in [0.5, 0.6) is 0 Å². The highest BCUT2D eigenvalue weighted by molar-refractivity contribution is 5.83. The molecule has 2 rings (SSSR count). The molecule has 132 valence electrons. The number of amides is 2. The number of nitrogens with zero attached hydrogens (tertiary/aromatic N) is 1. The van der Waals surface area contributed by atoms with Crippen LogP contribution >= 0.6 is 0 Å². The Balaban J connectivity index is 1.95. The van der Waals surface area contributed by atoms with E-state index in [-0.39, 0.29) is 23.7 Å². The van der Waals surface area contributed by atoms with Crippen LogP contribution in [0.4, 0.5) is 0 Å². The molecule has 0 spiro atoms. The van der Waals surface area contributed by atoms with Crippen molar-refractivity contribution in [2.75, 3.05) is 19.6 Å². The van der Waals surface area contributed by atoms with E-state index in [0.29, 0.717) is 12.5 Å². The SMILES string of the molecule is CC[C@H](C(=O)N1CCC[C@H](CNC(=O)C(C)C)C1)c1ccccc1. The van der Waals surface area contributed by atoms with Gasteiger partial charge in [0.25, 0.3) is 0 Å². The number of nitrogens with one attached hydrogen (secondary N) is 1. The van der Waals surface area contributed by atoms with Crippen LogP contribution < -0.4 is 5.32 Å². The molecule has 1 aromatic carbocycles. The van der Waals surface area contributed by atoms with Gasteiger partial charge in [-0.15, -0.1) is 0 Å². The number of likely N-dealkylation sites (tertiary alicyclic amines) is 1. The van der Waals surface area contributed by atoms with Gasteiger partial charge in [0.2, 0.25) is 11.8 Å². The van der Waals surface area contributed by atoms with Crippen LogP contribution in [0.15, 0.2) is 30.3 Å². The molecule has 1 aliphatic heterocycles. The summed E-state index contributed by atoms with van der Waals surface area (Å²) in [6.45, 7) is 8.12. The molecule has 1 saturated heterocycles. The second-order valence-electron chi connectivity index (χ2n) is 7.06. The van der Waals surface area contributed by atoms with Gasteiger partial charge >= 0.3 is 0 Å². The zero-order valence-corrected chi connectivity index (χ0v) is 15.1. The van der Waals surface area contributed by atoms with E-state index >= 15 is 0 Å². The highest BCUT2D eigenvalue weighted by Crippen LogP contribution is 2.25. The second-order valence-corrected chi connectivity index (χ2v) is 7.06. The maximum atomic E-state index is 13.0. The smallest absolute Gasteiger partial charge is 0.230 e. The van der Waals surface area contributed by atoms with Gasteiger partial charge in [0.05, 0.1) is 5.92 Å².